The lowest BCUT2D eigenvalue weighted by molar-refractivity contribution is 0.560. The van der Waals surface area contributed by atoms with E-state index < -0.39 is 0 Å². The third-order valence-corrected chi connectivity index (χ3v) is 2.27. The fourth-order valence-electron chi connectivity index (χ4n) is 1.27. The molecule has 0 aliphatic rings. The molecule has 0 saturated carbocycles. The van der Waals surface area contributed by atoms with Gasteiger partial charge in [-0.05, 0) is 12.5 Å². The Balaban J connectivity index is 2.93. The van der Waals surface area contributed by atoms with Gasteiger partial charge in [-0.2, -0.15) is 0 Å². The second-order valence-corrected chi connectivity index (χ2v) is 3.45. The molecule has 0 aromatic heterocycles. The first-order valence-electron chi connectivity index (χ1n) is 4.36. The minimum Gasteiger partial charge on any atom is -0.324 e. The highest BCUT2D eigenvalue weighted by molar-refractivity contribution is 6.30. The molecule has 0 saturated heterocycles. The predicted molar refractivity (Wildman–Crippen MR) is 53.2 cm³/mol. The predicted octanol–water partition coefficient (Wildman–Crippen LogP) is 3.28. The molecule has 0 unspecified atom stereocenters. The molecular formula is C10H13ClFN. The van der Waals surface area contributed by atoms with Crippen molar-refractivity contribution in [3.63, 3.8) is 0 Å². The van der Waals surface area contributed by atoms with Crippen LogP contribution in [-0.4, -0.2) is 0 Å². The zero-order valence-corrected chi connectivity index (χ0v) is 8.31. The molecule has 0 amide bonds. The van der Waals surface area contributed by atoms with Gasteiger partial charge in [-0.3, -0.25) is 0 Å². The first-order valence-corrected chi connectivity index (χ1v) is 4.74. The Morgan fingerprint density at radius 1 is 1.54 bits per heavy atom. The minimum atomic E-state index is -0.384. The van der Waals surface area contributed by atoms with Crippen molar-refractivity contribution in [1.82, 2.24) is 0 Å². The summed E-state index contributed by atoms with van der Waals surface area (Å²) in [6.45, 7) is 2.02. The van der Waals surface area contributed by atoms with Crippen molar-refractivity contribution in [1.29, 1.82) is 0 Å². The Morgan fingerprint density at radius 3 is 2.85 bits per heavy atom. The Hall–Kier alpha value is -0.600. The second-order valence-electron chi connectivity index (χ2n) is 3.04. The summed E-state index contributed by atoms with van der Waals surface area (Å²) in [4.78, 5) is 0. The van der Waals surface area contributed by atoms with Gasteiger partial charge in [0.2, 0.25) is 0 Å². The third-order valence-electron chi connectivity index (χ3n) is 1.98. The molecule has 0 aliphatic carbocycles. The summed E-state index contributed by atoms with van der Waals surface area (Å²) >= 11 is 5.63. The molecule has 0 radical (unpaired) electrons. The molecule has 0 heterocycles. The molecule has 72 valence electrons. The highest BCUT2D eigenvalue weighted by Gasteiger charge is 2.12. The number of halogens is 2. The van der Waals surface area contributed by atoms with Crippen LogP contribution in [0.15, 0.2) is 18.2 Å². The molecule has 1 aromatic carbocycles. The van der Waals surface area contributed by atoms with Crippen LogP contribution in [0.3, 0.4) is 0 Å². The van der Waals surface area contributed by atoms with Crippen molar-refractivity contribution in [3.05, 3.63) is 34.6 Å². The Kier molecular flexibility index (Phi) is 3.70. The molecule has 2 N–H and O–H groups in total. The molecular weight excluding hydrogens is 189 g/mol. The lowest BCUT2D eigenvalue weighted by Crippen LogP contribution is -2.11. The van der Waals surface area contributed by atoms with E-state index in [1.807, 2.05) is 6.92 Å². The maximum atomic E-state index is 13.4. The van der Waals surface area contributed by atoms with Gasteiger partial charge in [-0.25, -0.2) is 4.39 Å². The van der Waals surface area contributed by atoms with Gasteiger partial charge in [0, 0.05) is 11.6 Å². The fourth-order valence-corrected chi connectivity index (χ4v) is 1.46. The fraction of sp³-hybridized carbons (Fsp3) is 0.400. The third kappa shape index (κ3) is 2.42. The van der Waals surface area contributed by atoms with Crippen LogP contribution in [0, 0.1) is 5.82 Å². The van der Waals surface area contributed by atoms with Crippen molar-refractivity contribution >= 4 is 11.6 Å². The van der Waals surface area contributed by atoms with Crippen molar-refractivity contribution in [2.75, 3.05) is 0 Å². The first kappa shape index (κ1) is 10.5. The monoisotopic (exact) mass is 201 g/mol. The number of hydrogen-bond donors (Lipinski definition) is 1. The van der Waals surface area contributed by atoms with Crippen molar-refractivity contribution in [2.24, 2.45) is 5.73 Å². The summed E-state index contributed by atoms with van der Waals surface area (Å²) in [5.74, 6) is -0.384. The van der Waals surface area contributed by atoms with Crippen LogP contribution in [0.25, 0.3) is 0 Å². The molecule has 3 heteroatoms. The normalized spacial score (nSPS) is 12.9. The standard InChI is InChI=1S/C10H13ClFN/c1-2-4-9(13)7-5-3-6-8(11)10(7)12/h3,5-6,9H,2,4,13H2,1H3/t9-/m0/s1. The van der Waals surface area contributed by atoms with Crippen LogP contribution in [0.5, 0.6) is 0 Å². The van der Waals surface area contributed by atoms with Crippen LogP contribution >= 0.6 is 11.6 Å². The van der Waals surface area contributed by atoms with Gasteiger partial charge < -0.3 is 5.73 Å². The van der Waals surface area contributed by atoms with Crippen molar-refractivity contribution < 1.29 is 4.39 Å². The van der Waals surface area contributed by atoms with Crippen molar-refractivity contribution in [2.45, 2.75) is 25.8 Å². The van der Waals surface area contributed by atoms with Crippen LogP contribution in [0.1, 0.15) is 31.4 Å². The molecule has 0 fully saturated rings. The highest BCUT2D eigenvalue weighted by Crippen LogP contribution is 2.24. The largest absolute Gasteiger partial charge is 0.324 e. The smallest absolute Gasteiger partial charge is 0.146 e. The van der Waals surface area contributed by atoms with Crippen LogP contribution in [0.4, 0.5) is 4.39 Å². The van der Waals surface area contributed by atoms with Gasteiger partial charge in [-0.1, -0.05) is 37.1 Å². The van der Waals surface area contributed by atoms with E-state index in [4.69, 9.17) is 17.3 Å². The van der Waals surface area contributed by atoms with E-state index in [2.05, 4.69) is 0 Å². The van der Waals surface area contributed by atoms with E-state index >= 15 is 0 Å². The summed E-state index contributed by atoms with van der Waals surface area (Å²) in [7, 11) is 0. The average Bonchev–Trinajstić information content (AvgIpc) is 2.10. The van der Waals surface area contributed by atoms with E-state index in [9.17, 15) is 4.39 Å². The van der Waals surface area contributed by atoms with Crippen LogP contribution in [0.2, 0.25) is 5.02 Å². The lowest BCUT2D eigenvalue weighted by atomic mass is 10.0. The molecule has 1 nitrogen and oxygen atoms in total. The Bertz CT molecular complexity index is 288. The number of benzene rings is 1. The molecule has 13 heavy (non-hydrogen) atoms. The number of rotatable bonds is 3. The summed E-state index contributed by atoms with van der Waals surface area (Å²) in [5.41, 5.74) is 6.29. The molecule has 0 bridgehead atoms. The molecule has 1 atom stereocenters. The van der Waals surface area contributed by atoms with E-state index in [1.165, 1.54) is 6.07 Å². The van der Waals surface area contributed by atoms with E-state index in [0.717, 1.165) is 12.8 Å². The maximum Gasteiger partial charge on any atom is 0.146 e. The highest BCUT2D eigenvalue weighted by atomic mass is 35.5. The zero-order chi connectivity index (χ0) is 9.84. The van der Waals surface area contributed by atoms with E-state index in [0.29, 0.717) is 5.56 Å². The van der Waals surface area contributed by atoms with Gasteiger partial charge in [0.25, 0.3) is 0 Å². The molecule has 0 aliphatic heterocycles. The van der Waals surface area contributed by atoms with E-state index in [-0.39, 0.29) is 16.9 Å². The maximum absolute atomic E-state index is 13.4. The van der Waals surface area contributed by atoms with Crippen molar-refractivity contribution in [3.8, 4) is 0 Å². The van der Waals surface area contributed by atoms with Crippen LogP contribution < -0.4 is 5.73 Å². The second kappa shape index (κ2) is 4.58. The van der Waals surface area contributed by atoms with Gasteiger partial charge in [0.1, 0.15) is 5.82 Å². The number of hydrogen-bond acceptors (Lipinski definition) is 1. The molecule has 1 aromatic rings. The summed E-state index contributed by atoms with van der Waals surface area (Å²) < 4.78 is 13.4. The topological polar surface area (TPSA) is 26.0 Å². The zero-order valence-electron chi connectivity index (χ0n) is 7.56. The SMILES string of the molecule is CCC[C@H](N)c1cccc(Cl)c1F. The molecule has 1 rings (SSSR count). The quantitative estimate of drug-likeness (QED) is 0.798. The van der Waals surface area contributed by atoms with Gasteiger partial charge >= 0.3 is 0 Å². The lowest BCUT2D eigenvalue weighted by Gasteiger charge is -2.11. The van der Waals surface area contributed by atoms with Gasteiger partial charge in [0.15, 0.2) is 0 Å². The first-order chi connectivity index (χ1) is 6.16. The van der Waals surface area contributed by atoms with Gasteiger partial charge in [0.05, 0.1) is 5.02 Å². The Morgan fingerprint density at radius 2 is 2.23 bits per heavy atom. The van der Waals surface area contributed by atoms with Gasteiger partial charge in [-0.15, -0.1) is 0 Å². The summed E-state index contributed by atoms with van der Waals surface area (Å²) in [6.07, 6.45) is 1.71. The Labute approximate surface area is 82.7 Å². The average molecular weight is 202 g/mol. The van der Waals surface area contributed by atoms with Crippen LogP contribution in [-0.2, 0) is 0 Å². The minimum absolute atomic E-state index is 0.143. The summed E-state index contributed by atoms with van der Waals surface area (Å²) in [6, 6.07) is 4.68. The molecule has 0 spiro atoms. The summed E-state index contributed by atoms with van der Waals surface area (Å²) in [5, 5.41) is 0.143. The van der Waals surface area contributed by atoms with E-state index in [1.54, 1.807) is 12.1 Å². The number of nitrogens with two attached hydrogens (primary N) is 1.